The number of aliphatic hydroxyl groups is 1. The van der Waals surface area contributed by atoms with Gasteiger partial charge in [0.15, 0.2) is 11.4 Å². The van der Waals surface area contributed by atoms with Crippen LogP contribution >= 0.6 is 0 Å². The Kier molecular flexibility index (Phi) is 3.58. The van der Waals surface area contributed by atoms with Crippen LogP contribution in [-0.2, 0) is 0 Å². The van der Waals surface area contributed by atoms with Crippen molar-refractivity contribution in [3.63, 3.8) is 0 Å². The number of benzene rings is 2. The predicted molar refractivity (Wildman–Crippen MR) is 100 cm³/mol. The molecule has 6 heteroatoms. The largest absolute Gasteiger partial charge is 0.506 e. The van der Waals surface area contributed by atoms with Gasteiger partial charge in [-0.15, -0.1) is 0 Å². The maximum absolute atomic E-state index is 11.9. The fraction of sp³-hybridized carbons (Fsp3) is 0. The summed E-state index contributed by atoms with van der Waals surface area (Å²) in [5.41, 5.74) is 2.39. The Labute approximate surface area is 148 Å². The third-order valence-corrected chi connectivity index (χ3v) is 4.19. The molecule has 0 saturated carbocycles. The first-order chi connectivity index (χ1) is 12.5. The summed E-state index contributed by atoms with van der Waals surface area (Å²) in [6.07, 6.45) is 3.10. The molecule has 3 N–H and O–H groups in total. The van der Waals surface area contributed by atoms with Gasteiger partial charge in [0.1, 0.15) is 5.76 Å². The molecule has 0 unspecified atom stereocenters. The van der Waals surface area contributed by atoms with E-state index in [1.165, 1.54) is 10.9 Å². The van der Waals surface area contributed by atoms with Crippen LogP contribution in [0.3, 0.4) is 0 Å². The van der Waals surface area contributed by atoms with E-state index in [-0.39, 0.29) is 5.69 Å². The molecule has 0 aliphatic heterocycles. The van der Waals surface area contributed by atoms with Crippen molar-refractivity contribution >= 4 is 16.7 Å². The number of aliphatic hydroxyl groups excluding tert-OH is 1. The zero-order valence-corrected chi connectivity index (χ0v) is 13.7. The van der Waals surface area contributed by atoms with Crippen LogP contribution in [-0.4, -0.2) is 25.0 Å². The number of nitrogens with zero attached hydrogens (tertiary/aromatic N) is 2. The van der Waals surface area contributed by atoms with Gasteiger partial charge in [-0.05, 0) is 29.1 Å². The molecule has 0 bridgehead atoms. The van der Waals surface area contributed by atoms with Gasteiger partial charge in [0.25, 0.3) is 5.43 Å². The molecule has 26 heavy (non-hydrogen) atoms. The first kappa shape index (κ1) is 15.7. The number of nitrogens with one attached hydrogen (secondary N) is 1. The molecule has 4 aromatic rings. The third kappa shape index (κ3) is 2.53. The van der Waals surface area contributed by atoms with E-state index in [1.807, 2.05) is 54.7 Å². The quantitative estimate of drug-likeness (QED) is 0.495. The van der Waals surface area contributed by atoms with Crippen LogP contribution in [0.4, 0.5) is 0 Å². The van der Waals surface area contributed by atoms with Crippen molar-refractivity contribution in [3.8, 4) is 22.6 Å². The van der Waals surface area contributed by atoms with E-state index in [2.05, 4.69) is 16.7 Å². The van der Waals surface area contributed by atoms with Gasteiger partial charge in [-0.1, -0.05) is 36.9 Å². The molecule has 0 saturated heterocycles. The second kappa shape index (κ2) is 5.93. The number of fused-ring (bicyclic) bond motifs is 1. The Hall–Kier alpha value is -3.80. The molecule has 0 fully saturated rings. The Morgan fingerprint density at radius 3 is 2.77 bits per heavy atom. The molecule has 2 aromatic carbocycles. The molecule has 0 aliphatic carbocycles. The van der Waals surface area contributed by atoms with Crippen LogP contribution in [0.5, 0.6) is 5.75 Å². The van der Waals surface area contributed by atoms with Crippen LogP contribution in [0, 0.1) is 0 Å². The maximum Gasteiger partial charge on any atom is 0.252 e. The van der Waals surface area contributed by atoms with E-state index < -0.39 is 16.9 Å². The summed E-state index contributed by atoms with van der Waals surface area (Å²) in [4.78, 5) is 15.1. The van der Waals surface area contributed by atoms with Gasteiger partial charge in [-0.25, -0.2) is 4.68 Å². The van der Waals surface area contributed by atoms with Crippen molar-refractivity contribution < 1.29 is 10.2 Å². The van der Waals surface area contributed by atoms with Gasteiger partial charge in [0, 0.05) is 17.3 Å². The Bertz CT molecular complexity index is 1200. The highest BCUT2D eigenvalue weighted by Gasteiger charge is 2.14. The van der Waals surface area contributed by atoms with E-state index in [9.17, 15) is 15.0 Å². The Balaban J connectivity index is 1.94. The Morgan fingerprint density at radius 1 is 1.15 bits per heavy atom. The fourth-order valence-electron chi connectivity index (χ4n) is 2.92. The first-order valence-corrected chi connectivity index (χ1v) is 7.93. The first-order valence-electron chi connectivity index (χ1n) is 7.93. The minimum absolute atomic E-state index is 0.292. The smallest absolute Gasteiger partial charge is 0.252 e. The van der Waals surface area contributed by atoms with E-state index >= 15 is 0 Å². The van der Waals surface area contributed by atoms with E-state index in [4.69, 9.17) is 0 Å². The lowest BCUT2D eigenvalue weighted by Crippen LogP contribution is -2.16. The van der Waals surface area contributed by atoms with Crippen LogP contribution in [0.1, 0.15) is 5.69 Å². The van der Waals surface area contributed by atoms with Gasteiger partial charge in [0.2, 0.25) is 0 Å². The molecule has 128 valence electrons. The van der Waals surface area contributed by atoms with Crippen molar-refractivity contribution in [2.24, 2.45) is 0 Å². The standard InChI is InChI=1S/C20H15N3O3/c1-12(24)19-20(26)18(25)11-23(22-19)17-5-3-2-4-15(17)14-7-6-13-8-9-21-16(13)10-14/h2-11,21,24-25H,1H2. The molecule has 0 radical (unpaired) electrons. The molecule has 0 aliphatic rings. The Morgan fingerprint density at radius 2 is 1.96 bits per heavy atom. The summed E-state index contributed by atoms with van der Waals surface area (Å²) in [7, 11) is 0. The monoisotopic (exact) mass is 345 g/mol. The molecule has 0 amide bonds. The molecule has 2 aromatic heterocycles. The lowest BCUT2D eigenvalue weighted by Gasteiger charge is -2.13. The van der Waals surface area contributed by atoms with Crippen molar-refractivity contribution in [1.82, 2.24) is 14.8 Å². The minimum Gasteiger partial charge on any atom is -0.506 e. The number of para-hydroxylation sites is 1. The average molecular weight is 345 g/mol. The lowest BCUT2D eigenvalue weighted by molar-refractivity contribution is 0.455. The van der Waals surface area contributed by atoms with Crippen molar-refractivity contribution in [1.29, 1.82) is 0 Å². The zero-order chi connectivity index (χ0) is 18.3. The zero-order valence-electron chi connectivity index (χ0n) is 13.7. The second-order valence-corrected chi connectivity index (χ2v) is 5.88. The number of aromatic hydroxyl groups is 1. The van der Waals surface area contributed by atoms with Crippen LogP contribution in [0.2, 0.25) is 0 Å². The SMILES string of the molecule is C=C(O)c1nn(-c2ccccc2-c2ccc3cc[nH]c3c2)cc(O)c1=O. The number of rotatable bonds is 3. The van der Waals surface area contributed by atoms with Crippen molar-refractivity contribution in [3.05, 3.63) is 83.4 Å². The molecule has 4 rings (SSSR count). The highest BCUT2D eigenvalue weighted by molar-refractivity contribution is 5.86. The number of aromatic amines is 1. The van der Waals surface area contributed by atoms with Gasteiger partial charge >= 0.3 is 0 Å². The van der Waals surface area contributed by atoms with Crippen LogP contribution in [0.25, 0.3) is 33.5 Å². The van der Waals surface area contributed by atoms with Crippen molar-refractivity contribution in [2.45, 2.75) is 0 Å². The van der Waals surface area contributed by atoms with Gasteiger partial charge < -0.3 is 15.2 Å². The topological polar surface area (TPSA) is 91.1 Å². The number of H-pyrrole nitrogens is 1. The molecule has 6 nitrogen and oxygen atoms in total. The maximum atomic E-state index is 11.9. The molecule has 2 heterocycles. The number of hydrogen-bond acceptors (Lipinski definition) is 4. The summed E-state index contributed by atoms with van der Waals surface area (Å²) in [6, 6.07) is 15.5. The summed E-state index contributed by atoms with van der Waals surface area (Å²) in [5, 5.41) is 24.8. The highest BCUT2D eigenvalue weighted by atomic mass is 16.3. The van der Waals surface area contributed by atoms with Crippen LogP contribution < -0.4 is 5.43 Å². The third-order valence-electron chi connectivity index (χ3n) is 4.19. The number of hydrogen-bond donors (Lipinski definition) is 3. The van der Waals surface area contributed by atoms with Gasteiger partial charge in [-0.2, -0.15) is 5.10 Å². The summed E-state index contributed by atoms with van der Waals surface area (Å²) >= 11 is 0. The predicted octanol–water partition coefficient (Wildman–Crippen LogP) is 3.62. The lowest BCUT2D eigenvalue weighted by atomic mass is 10.0. The molecular formula is C20H15N3O3. The summed E-state index contributed by atoms with van der Waals surface area (Å²) < 4.78 is 1.36. The summed E-state index contributed by atoms with van der Waals surface area (Å²) in [6.45, 7) is 3.34. The molecular weight excluding hydrogens is 330 g/mol. The van der Waals surface area contributed by atoms with Crippen molar-refractivity contribution in [2.75, 3.05) is 0 Å². The minimum atomic E-state index is -0.765. The highest BCUT2D eigenvalue weighted by Crippen LogP contribution is 2.29. The van der Waals surface area contributed by atoms with Gasteiger partial charge in [-0.3, -0.25) is 4.79 Å². The van der Waals surface area contributed by atoms with E-state index in [0.29, 0.717) is 5.69 Å². The average Bonchev–Trinajstić information content (AvgIpc) is 3.11. The van der Waals surface area contributed by atoms with Crippen LogP contribution in [0.15, 0.2) is 72.3 Å². The molecule has 0 spiro atoms. The fourth-order valence-corrected chi connectivity index (χ4v) is 2.92. The normalized spacial score (nSPS) is 10.9. The summed E-state index contributed by atoms with van der Waals surface area (Å²) in [5.74, 6) is -1.01. The molecule has 0 atom stereocenters. The van der Waals surface area contributed by atoms with Gasteiger partial charge in [0.05, 0.1) is 11.9 Å². The van der Waals surface area contributed by atoms with E-state index in [0.717, 1.165) is 22.0 Å². The van der Waals surface area contributed by atoms with E-state index in [1.54, 1.807) is 0 Å². The number of aromatic nitrogens is 3. The second-order valence-electron chi connectivity index (χ2n) is 5.88.